The Morgan fingerprint density at radius 1 is 1.44 bits per heavy atom. The fourth-order valence-corrected chi connectivity index (χ4v) is 3.71. The van der Waals surface area contributed by atoms with Crippen molar-refractivity contribution < 1.29 is 9.21 Å². The summed E-state index contributed by atoms with van der Waals surface area (Å²) >= 11 is 1.40. The summed E-state index contributed by atoms with van der Waals surface area (Å²) in [5, 5.41) is 11.8. The molecule has 25 heavy (non-hydrogen) atoms. The first-order valence-corrected chi connectivity index (χ1v) is 9.58. The molecule has 1 atom stereocenters. The quantitative estimate of drug-likeness (QED) is 0.604. The number of allylic oxidation sites excluding steroid dienone is 1. The second-order valence-electron chi connectivity index (χ2n) is 6.25. The van der Waals surface area contributed by atoms with E-state index in [2.05, 4.69) is 21.6 Å². The third-order valence-corrected chi connectivity index (χ3v) is 5.49. The van der Waals surface area contributed by atoms with Crippen molar-refractivity contribution >= 4 is 17.7 Å². The lowest BCUT2D eigenvalue weighted by molar-refractivity contribution is -0.120. The van der Waals surface area contributed by atoms with Crippen molar-refractivity contribution in [1.82, 2.24) is 20.1 Å². The van der Waals surface area contributed by atoms with E-state index in [1.54, 1.807) is 6.26 Å². The van der Waals surface area contributed by atoms with Crippen molar-refractivity contribution in [3.63, 3.8) is 0 Å². The largest absolute Gasteiger partial charge is 0.461 e. The van der Waals surface area contributed by atoms with Gasteiger partial charge in [0.15, 0.2) is 16.7 Å². The molecule has 134 valence electrons. The highest BCUT2D eigenvalue weighted by Gasteiger charge is 2.20. The Morgan fingerprint density at radius 3 is 3.04 bits per heavy atom. The van der Waals surface area contributed by atoms with Crippen molar-refractivity contribution in [2.45, 2.75) is 49.4 Å². The molecule has 7 heteroatoms. The van der Waals surface area contributed by atoms with E-state index in [0.717, 1.165) is 6.42 Å². The summed E-state index contributed by atoms with van der Waals surface area (Å²) in [6.07, 6.45) is 9.81. The monoisotopic (exact) mass is 360 g/mol. The van der Waals surface area contributed by atoms with Crippen molar-refractivity contribution in [1.29, 1.82) is 0 Å². The maximum Gasteiger partial charge on any atom is 0.233 e. The number of carbonyl (C=O) groups is 1. The Labute approximate surface area is 152 Å². The summed E-state index contributed by atoms with van der Waals surface area (Å²) in [5.74, 6) is 1.35. The summed E-state index contributed by atoms with van der Waals surface area (Å²) in [5.41, 5.74) is 1.48. The molecule has 0 saturated heterocycles. The minimum atomic E-state index is -0.229. The summed E-state index contributed by atoms with van der Waals surface area (Å²) in [6.45, 7) is 2.59. The van der Waals surface area contributed by atoms with Crippen molar-refractivity contribution in [3.8, 4) is 11.6 Å². The van der Waals surface area contributed by atoms with Gasteiger partial charge in [0.25, 0.3) is 0 Å². The van der Waals surface area contributed by atoms with E-state index in [1.165, 1.54) is 43.0 Å². The minimum Gasteiger partial charge on any atom is -0.461 e. The van der Waals surface area contributed by atoms with E-state index in [4.69, 9.17) is 4.42 Å². The van der Waals surface area contributed by atoms with Crippen molar-refractivity contribution in [3.05, 3.63) is 30.0 Å². The molecule has 0 fully saturated rings. The maximum absolute atomic E-state index is 12.3. The molecule has 3 rings (SSSR count). The van der Waals surface area contributed by atoms with Crippen LogP contribution in [-0.2, 0) is 11.8 Å². The molecule has 6 nitrogen and oxygen atoms in total. The lowest BCUT2D eigenvalue weighted by Crippen LogP contribution is -2.32. The number of carbonyl (C=O) groups excluding carboxylic acids is 1. The van der Waals surface area contributed by atoms with Crippen LogP contribution in [0.2, 0.25) is 0 Å². The molecule has 2 aromatic rings. The molecule has 0 unspecified atom stereocenters. The van der Waals surface area contributed by atoms with E-state index in [0.29, 0.717) is 23.3 Å². The number of thioether (sulfide) groups is 1. The second-order valence-corrected chi connectivity index (χ2v) is 7.56. The predicted molar refractivity (Wildman–Crippen MR) is 98.2 cm³/mol. The Morgan fingerprint density at radius 2 is 2.32 bits per heavy atom. The van der Waals surface area contributed by atoms with Crippen LogP contribution in [0.25, 0.3) is 11.6 Å². The van der Waals surface area contributed by atoms with Gasteiger partial charge in [-0.15, -0.1) is 10.2 Å². The van der Waals surface area contributed by atoms with Gasteiger partial charge in [0, 0.05) is 13.6 Å². The van der Waals surface area contributed by atoms with Crippen LogP contribution in [0, 0.1) is 0 Å². The molecule has 1 aliphatic carbocycles. The molecule has 2 aromatic heterocycles. The molecular weight excluding hydrogens is 336 g/mol. The molecule has 0 saturated carbocycles. The zero-order valence-electron chi connectivity index (χ0n) is 14.7. The Balaban J connectivity index is 1.50. The van der Waals surface area contributed by atoms with Gasteiger partial charge in [0.05, 0.1) is 11.5 Å². The highest BCUT2D eigenvalue weighted by Crippen LogP contribution is 2.26. The molecule has 0 radical (unpaired) electrons. The van der Waals surface area contributed by atoms with Gasteiger partial charge in [-0.05, 0) is 51.2 Å². The Kier molecular flexibility index (Phi) is 5.96. The topological polar surface area (TPSA) is 73.0 Å². The summed E-state index contributed by atoms with van der Waals surface area (Å²) in [4.78, 5) is 12.3. The van der Waals surface area contributed by atoms with Crippen LogP contribution in [0.5, 0.6) is 0 Å². The van der Waals surface area contributed by atoms with Gasteiger partial charge in [-0.3, -0.25) is 4.79 Å². The number of hydrogen-bond acceptors (Lipinski definition) is 5. The number of hydrogen-bond donors (Lipinski definition) is 1. The van der Waals surface area contributed by atoms with Crippen molar-refractivity contribution in [2.24, 2.45) is 7.05 Å². The second kappa shape index (κ2) is 8.38. The minimum absolute atomic E-state index is 0.0314. The van der Waals surface area contributed by atoms with E-state index in [9.17, 15) is 4.79 Å². The molecule has 0 bridgehead atoms. The van der Waals surface area contributed by atoms with Gasteiger partial charge in [-0.25, -0.2) is 0 Å². The fourth-order valence-electron chi connectivity index (χ4n) is 2.87. The van der Waals surface area contributed by atoms with Gasteiger partial charge in [0.2, 0.25) is 5.91 Å². The molecule has 1 N–H and O–H groups in total. The normalized spacial score (nSPS) is 15.7. The lowest BCUT2D eigenvalue weighted by Gasteiger charge is -2.14. The predicted octanol–water partition coefficient (Wildman–Crippen LogP) is 3.56. The first-order valence-electron chi connectivity index (χ1n) is 8.70. The lowest BCUT2D eigenvalue weighted by atomic mass is 9.97. The first-order chi connectivity index (χ1) is 12.1. The average Bonchev–Trinajstić information content (AvgIpc) is 3.26. The molecule has 0 aliphatic heterocycles. The highest BCUT2D eigenvalue weighted by atomic mass is 32.2. The van der Waals surface area contributed by atoms with E-state index < -0.39 is 0 Å². The molecule has 2 heterocycles. The molecule has 1 amide bonds. The van der Waals surface area contributed by atoms with Gasteiger partial charge in [-0.1, -0.05) is 23.4 Å². The number of amides is 1. The number of furan rings is 1. The van der Waals surface area contributed by atoms with E-state index in [1.807, 2.05) is 30.7 Å². The van der Waals surface area contributed by atoms with Gasteiger partial charge < -0.3 is 14.3 Å². The van der Waals surface area contributed by atoms with E-state index in [-0.39, 0.29) is 11.2 Å². The van der Waals surface area contributed by atoms with Gasteiger partial charge >= 0.3 is 0 Å². The molecular formula is C18H24N4O2S. The van der Waals surface area contributed by atoms with Gasteiger partial charge in [0.1, 0.15) is 0 Å². The van der Waals surface area contributed by atoms with Crippen LogP contribution in [-0.4, -0.2) is 32.5 Å². The zero-order valence-corrected chi connectivity index (χ0v) is 15.5. The van der Waals surface area contributed by atoms with Crippen LogP contribution < -0.4 is 5.32 Å². The van der Waals surface area contributed by atoms with Crippen LogP contribution >= 0.6 is 11.8 Å². The summed E-state index contributed by atoms with van der Waals surface area (Å²) in [7, 11) is 1.88. The van der Waals surface area contributed by atoms with Crippen molar-refractivity contribution in [2.75, 3.05) is 6.54 Å². The number of rotatable bonds is 7. The average molecular weight is 360 g/mol. The zero-order chi connectivity index (χ0) is 17.6. The summed E-state index contributed by atoms with van der Waals surface area (Å²) in [6, 6.07) is 3.66. The van der Waals surface area contributed by atoms with Crippen LogP contribution in [0.1, 0.15) is 39.0 Å². The third kappa shape index (κ3) is 4.54. The van der Waals surface area contributed by atoms with E-state index >= 15 is 0 Å². The molecule has 0 spiro atoms. The van der Waals surface area contributed by atoms with Crippen LogP contribution in [0.4, 0.5) is 0 Å². The standard InChI is InChI=1S/C18H24N4O2S/c1-13(17(23)19-11-10-14-7-4-3-5-8-14)25-18-21-20-16(22(18)2)15-9-6-12-24-15/h6-7,9,12-13H,3-5,8,10-11H2,1-2H3,(H,19,23)/t13-/m0/s1. The smallest absolute Gasteiger partial charge is 0.233 e. The number of aromatic nitrogens is 3. The third-order valence-electron chi connectivity index (χ3n) is 4.36. The van der Waals surface area contributed by atoms with Gasteiger partial charge in [-0.2, -0.15) is 0 Å². The summed E-state index contributed by atoms with van der Waals surface area (Å²) < 4.78 is 7.21. The first kappa shape index (κ1) is 17.8. The van der Waals surface area contributed by atoms with Crippen LogP contribution in [0.15, 0.2) is 39.6 Å². The number of nitrogens with one attached hydrogen (secondary N) is 1. The Bertz CT molecular complexity index is 736. The SMILES string of the molecule is C[C@H](Sc1nnc(-c2ccco2)n1C)C(=O)NCCC1=CCCCC1. The Hall–Kier alpha value is -2.02. The molecule has 1 aliphatic rings. The number of nitrogens with zero attached hydrogens (tertiary/aromatic N) is 3. The highest BCUT2D eigenvalue weighted by molar-refractivity contribution is 8.00. The molecule has 0 aromatic carbocycles. The van der Waals surface area contributed by atoms with Crippen LogP contribution in [0.3, 0.4) is 0 Å². The maximum atomic E-state index is 12.3. The fraction of sp³-hybridized carbons (Fsp3) is 0.500.